The fourth-order valence-corrected chi connectivity index (χ4v) is 3.11. The van der Waals surface area contributed by atoms with E-state index in [-0.39, 0.29) is 11.6 Å². The molecule has 1 heterocycles. The molecule has 7 heteroatoms. The third kappa shape index (κ3) is 4.21. The Morgan fingerprint density at radius 1 is 1.04 bits per heavy atom. The van der Waals surface area contributed by atoms with E-state index in [4.69, 9.17) is 11.6 Å². The van der Waals surface area contributed by atoms with Crippen molar-refractivity contribution in [1.82, 2.24) is 4.90 Å². The molecule has 0 unspecified atom stereocenters. The number of hydrogen-bond acceptors (Lipinski definition) is 4. The number of halogens is 1. The molecule has 0 bridgehead atoms. The second kappa shape index (κ2) is 8.01. The highest BCUT2D eigenvalue weighted by Crippen LogP contribution is 2.26. The number of nitro groups is 1. The van der Waals surface area contributed by atoms with Crippen molar-refractivity contribution >= 4 is 35.0 Å². The zero-order valence-electron chi connectivity index (χ0n) is 14.0. The largest absolute Gasteiger partial charge is 0.367 e. The van der Waals surface area contributed by atoms with Crippen LogP contribution in [0.4, 0.5) is 11.4 Å². The monoisotopic (exact) mass is 371 g/mol. The summed E-state index contributed by atoms with van der Waals surface area (Å²) in [5, 5.41) is 11.4. The first kappa shape index (κ1) is 17.9. The van der Waals surface area contributed by atoms with Gasteiger partial charge in [0.05, 0.1) is 15.6 Å². The predicted molar refractivity (Wildman–Crippen MR) is 102 cm³/mol. The second-order valence-corrected chi connectivity index (χ2v) is 6.35. The smallest absolute Gasteiger partial charge is 0.269 e. The minimum absolute atomic E-state index is 0.0316. The van der Waals surface area contributed by atoms with Crippen molar-refractivity contribution in [2.75, 3.05) is 31.1 Å². The first-order chi connectivity index (χ1) is 12.5. The zero-order chi connectivity index (χ0) is 18.5. The van der Waals surface area contributed by atoms with Crippen molar-refractivity contribution in [2.24, 2.45) is 0 Å². The number of nitrogens with zero attached hydrogens (tertiary/aromatic N) is 3. The molecule has 6 nitrogen and oxygen atoms in total. The SMILES string of the molecule is O=C(/C=C/c1ccc([N+](=O)[O-])cc1)N1CCN(c2ccccc2Cl)CC1. The van der Waals surface area contributed by atoms with Crippen molar-refractivity contribution in [1.29, 1.82) is 0 Å². The lowest BCUT2D eigenvalue weighted by Crippen LogP contribution is -2.48. The second-order valence-electron chi connectivity index (χ2n) is 5.95. The number of nitro benzene ring substituents is 1. The predicted octanol–water partition coefficient (Wildman–Crippen LogP) is 3.61. The van der Waals surface area contributed by atoms with Gasteiger partial charge in [0.15, 0.2) is 0 Å². The number of piperazine rings is 1. The first-order valence-corrected chi connectivity index (χ1v) is 8.63. The van der Waals surface area contributed by atoms with Crippen molar-refractivity contribution < 1.29 is 9.72 Å². The molecule has 0 spiro atoms. The van der Waals surface area contributed by atoms with E-state index in [0.717, 1.165) is 24.3 Å². The average Bonchev–Trinajstić information content (AvgIpc) is 2.67. The maximum Gasteiger partial charge on any atom is 0.269 e. The minimum atomic E-state index is -0.447. The number of carbonyl (C=O) groups excluding carboxylic acids is 1. The highest BCUT2D eigenvalue weighted by Gasteiger charge is 2.20. The van der Waals surface area contributed by atoms with Crippen molar-refractivity contribution in [3.05, 3.63) is 75.3 Å². The molecule has 3 rings (SSSR count). The Balaban J connectivity index is 1.56. The van der Waals surface area contributed by atoms with Gasteiger partial charge >= 0.3 is 0 Å². The molecule has 0 radical (unpaired) electrons. The highest BCUT2D eigenvalue weighted by atomic mass is 35.5. The summed E-state index contributed by atoms with van der Waals surface area (Å²) >= 11 is 6.23. The van der Waals surface area contributed by atoms with E-state index < -0.39 is 4.92 Å². The molecule has 1 fully saturated rings. The Morgan fingerprint density at radius 3 is 2.31 bits per heavy atom. The summed E-state index contributed by atoms with van der Waals surface area (Å²) in [6.45, 7) is 2.69. The number of non-ortho nitro benzene ring substituents is 1. The van der Waals surface area contributed by atoms with Crippen molar-refractivity contribution in [3.8, 4) is 0 Å². The van der Waals surface area contributed by atoms with Crippen LogP contribution in [0.15, 0.2) is 54.6 Å². The molecule has 26 heavy (non-hydrogen) atoms. The molecule has 0 N–H and O–H groups in total. The van der Waals surface area contributed by atoms with E-state index >= 15 is 0 Å². The van der Waals surface area contributed by atoms with Crippen molar-refractivity contribution in [3.63, 3.8) is 0 Å². The third-order valence-corrected chi connectivity index (χ3v) is 4.63. The molecule has 0 aliphatic carbocycles. The van der Waals surface area contributed by atoms with Gasteiger partial charge in [0, 0.05) is 44.4 Å². The number of anilines is 1. The lowest BCUT2D eigenvalue weighted by atomic mass is 10.2. The zero-order valence-corrected chi connectivity index (χ0v) is 14.8. The summed E-state index contributed by atoms with van der Waals surface area (Å²) in [6.07, 6.45) is 3.18. The molecule has 1 amide bonds. The maximum absolute atomic E-state index is 12.3. The maximum atomic E-state index is 12.3. The van der Waals surface area contributed by atoms with Crippen LogP contribution in [0.1, 0.15) is 5.56 Å². The normalized spacial score (nSPS) is 14.7. The van der Waals surface area contributed by atoms with Gasteiger partial charge in [0.2, 0.25) is 5.91 Å². The van der Waals surface area contributed by atoms with Crippen LogP contribution in [0.25, 0.3) is 6.08 Å². The summed E-state index contributed by atoms with van der Waals surface area (Å²) in [6, 6.07) is 13.8. The molecule has 0 atom stereocenters. The van der Waals surface area contributed by atoms with Crippen LogP contribution < -0.4 is 4.90 Å². The van der Waals surface area contributed by atoms with Gasteiger partial charge in [-0.3, -0.25) is 14.9 Å². The van der Waals surface area contributed by atoms with E-state index in [9.17, 15) is 14.9 Å². The van der Waals surface area contributed by atoms with E-state index in [1.807, 2.05) is 24.3 Å². The van der Waals surface area contributed by atoms with E-state index in [1.54, 1.807) is 23.1 Å². The van der Waals surface area contributed by atoms with Crippen LogP contribution in [0.2, 0.25) is 5.02 Å². The van der Waals surface area contributed by atoms with Gasteiger partial charge in [-0.05, 0) is 35.9 Å². The lowest BCUT2D eigenvalue weighted by molar-refractivity contribution is -0.384. The number of rotatable bonds is 4. The van der Waals surface area contributed by atoms with Gasteiger partial charge in [0.25, 0.3) is 5.69 Å². The summed E-state index contributed by atoms with van der Waals surface area (Å²) in [5.41, 5.74) is 1.77. The minimum Gasteiger partial charge on any atom is -0.367 e. The van der Waals surface area contributed by atoms with Crippen molar-refractivity contribution in [2.45, 2.75) is 0 Å². The Labute approximate surface area is 156 Å². The fraction of sp³-hybridized carbons (Fsp3) is 0.211. The third-order valence-electron chi connectivity index (χ3n) is 4.31. The van der Waals surface area contributed by atoms with E-state index in [0.29, 0.717) is 18.1 Å². The summed E-state index contributed by atoms with van der Waals surface area (Å²) in [5.74, 6) is -0.0674. The number of benzene rings is 2. The van der Waals surface area contributed by atoms with Crippen LogP contribution in [-0.2, 0) is 4.79 Å². The molecule has 2 aromatic rings. The Morgan fingerprint density at radius 2 is 1.69 bits per heavy atom. The van der Waals surface area contributed by atoms with Crippen LogP contribution in [0.3, 0.4) is 0 Å². The first-order valence-electron chi connectivity index (χ1n) is 8.25. The molecular weight excluding hydrogens is 354 g/mol. The standard InChI is InChI=1S/C19H18ClN3O3/c20-17-3-1-2-4-18(17)21-11-13-22(14-12-21)19(24)10-7-15-5-8-16(9-6-15)23(25)26/h1-10H,11-14H2/b10-7+. The fourth-order valence-electron chi connectivity index (χ4n) is 2.86. The van der Waals surface area contributed by atoms with Crippen LogP contribution in [0.5, 0.6) is 0 Å². The van der Waals surface area contributed by atoms with Crippen LogP contribution in [-0.4, -0.2) is 41.9 Å². The molecule has 0 saturated carbocycles. The Kier molecular flexibility index (Phi) is 5.53. The molecular formula is C19H18ClN3O3. The molecule has 0 aromatic heterocycles. The van der Waals surface area contributed by atoms with E-state index in [1.165, 1.54) is 18.2 Å². The lowest BCUT2D eigenvalue weighted by Gasteiger charge is -2.36. The van der Waals surface area contributed by atoms with Crippen LogP contribution >= 0.6 is 11.6 Å². The number of amides is 1. The summed E-state index contributed by atoms with van der Waals surface area (Å²) in [4.78, 5) is 26.5. The Hall–Kier alpha value is -2.86. The molecule has 1 aliphatic rings. The van der Waals surface area contributed by atoms with Gasteiger partial charge < -0.3 is 9.80 Å². The molecule has 134 valence electrons. The number of hydrogen-bond donors (Lipinski definition) is 0. The van der Waals surface area contributed by atoms with Gasteiger partial charge in [-0.15, -0.1) is 0 Å². The summed E-state index contributed by atoms with van der Waals surface area (Å²) in [7, 11) is 0. The molecule has 1 aliphatic heterocycles. The quantitative estimate of drug-likeness (QED) is 0.468. The molecule has 2 aromatic carbocycles. The molecule has 1 saturated heterocycles. The number of para-hydroxylation sites is 1. The van der Waals surface area contributed by atoms with Gasteiger partial charge in [0.1, 0.15) is 0 Å². The van der Waals surface area contributed by atoms with E-state index in [2.05, 4.69) is 4.90 Å². The summed E-state index contributed by atoms with van der Waals surface area (Å²) < 4.78 is 0. The van der Waals surface area contributed by atoms with Gasteiger partial charge in [-0.1, -0.05) is 23.7 Å². The Bertz CT molecular complexity index is 828. The number of carbonyl (C=O) groups is 1. The highest BCUT2D eigenvalue weighted by molar-refractivity contribution is 6.33. The van der Waals surface area contributed by atoms with Gasteiger partial charge in [-0.2, -0.15) is 0 Å². The van der Waals surface area contributed by atoms with Crippen LogP contribution in [0, 0.1) is 10.1 Å². The van der Waals surface area contributed by atoms with Gasteiger partial charge in [-0.25, -0.2) is 0 Å². The topological polar surface area (TPSA) is 66.7 Å². The average molecular weight is 372 g/mol.